The molecule has 2 fully saturated rings. The Balaban J connectivity index is 1.10. The van der Waals surface area contributed by atoms with Gasteiger partial charge < -0.3 is 24.4 Å². The number of benzene rings is 2. The predicted octanol–water partition coefficient (Wildman–Crippen LogP) is 4.45. The lowest BCUT2D eigenvalue weighted by molar-refractivity contribution is -0.125. The van der Waals surface area contributed by atoms with E-state index in [1.165, 1.54) is 31.2 Å². The Morgan fingerprint density at radius 2 is 1.82 bits per heavy atom. The van der Waals surface area contributed by atoms with Gasteiger partial charge in [-0.1, -0.05) is 36.4 Å². The molecule has 0 bridgehead atoms. The van der Waals surface area contributed by atoms with Crippen LogP contribution in [0.15, 0.2) is 48.0 Å². The van der Waals surface area contributed by atoms with E-state index in [9.17, 15) is 9.90 Å². The molecule has 0 saturated carbocycles. The van der Waals surface area contributed by atoms with Gasteiger partial charge in [0.15, 0.2) is 0 Å². The van der Waals surface area contributed by atoms with Crippen LogP contribution in [0.3, 0.4) is 0 Å². The monoisotopic (exact) mass is 518 g/mol. The molecule has 1 N–H and O–H groups in total. The molecule has 2 aromatic rings. The second-order valence-corrected chi connectivity index (χ2v) is 11.0. The van der Waals surface area contributed by atoms with Crippen LogP contribution in [0.5, 0.6) is 5.75 Å². The second kappa shape index (κ2) is 12.9. The van der Waals surface area contributed by atoms with Crippen LogP contribution >= 0.6 is 0 Å². The number of aliphatic hydroxyl groups excluding tert-OH is 1. The zero-order valence-corrected chi connectivity index (χ0v) is 22.7. The van der Waals surface area contributed by atoms with Crippen molar-refractivity contribution in [2.45, 2.75) is 57.0 Å². The van der Waals surface area contributed by atoms with Crippen molar-refractivity contribution in [3.05, 3.63) is 70.3 Å². The third kappa shape index (κ3) is 6.66. The van der Waals surface area contributed by atoms with E-state index in [1.54, 1.807) is 18.2 Å². The number of fused-ring (bicyclic) bond motifs is 1. The van der Waals surface area contributed by atoms with Crippen LogP contribution in [0.25, 0.3) is 6.08 Å². The molecular formula is C32H42N2O4. The normalized spacial score (nSPS) is 20.6. The number of hydrogen-bond donors (Lipinski definition) is 1. The highest BCUT2D eigenvalue weighted by atomic mass is 16.5. The van der Waals surface area contributed by atoms with Crippen LogP contribution in [-0.2, 0) is 22.4 Å². The van der Waals surface area contributed by atoms with Gasteiger partial charge in [-0.3, -0.25) is 4.79 Å². The van der Waals surface area contributed by atoms with Crippen LogP contribution in [0.2, 0.25) is 0 Å². The molecule has 1 amide bonds. The second-order valence-electron chi connectivity index (χ2n) is 11.0. The van der Waals surface area contributed by atoms with Gasteiger partial charge in [-0.05, 0) is 92.8 Å². The molecule has 1 atom stereocenters. The van der Waals surface area contributed by atoms with Gasteiger partial charge in [-0.2, -0.15) is 0 Å². The minimum atomic E-state index is -0.561. The van der Waals surface area contributed by atoms with Crippen LogP contribution < -0.4 is 4.74 Å². The number of para-hydroxylation sites is 1. The van der Waals surface area contributed by atoms with Gasteiger partial charge in [0.05, 0.1) is 6.61 Å². The summed E-state index contributed by atoms with van der Waals surface area (Å²) in [5, 5.41) is 10.8. The topological polar surface area (TPSA) is 62.2 Å². The Bertz CT molecular complexity index is 1120. The number of carbonyl (C=O) groups excluding carboxylic acids is 1. The first-order valence-corrected chi connectivity index (χ1v) is 14.3. The molecule has 2 heterocycles. The van der Waals surface area contributed by atoms with Crippen molar-refractivity contribution in [1.29, 1.82) is 0 Å². The fourth-order valence-corrected chi connectivity index (χ4v) is 6.13. The van der Waals surface area contributed by atoms with E-state index in [2.05, 4.69) is 23.1 Å². The number of hydrogen-bond acceptors (Lipinski definition) is 5. The van der Waals surface area contributed by atoms with Gasteiger partial charge in [-0.15, -0.1) is 0 Å². The minimum Gasteiger partial charge on any atom is -0.490 e. The number of nitrogens with zero attached hydrogens (tertiary/aromatic N) is 2. The van der Waals surface area contributed by atoms with Gasteiger partial charge in [0.1, 0.15) is 18.5 Å². The lowest BCUT2D eigenvalue weighted by Gasteiger charge is -2.33. The lowest BCUT2D eigenvalue weighted by Crippen LogP contribution is -2.40. The molecule has 0 radical (unpaired) electrons. The molecule has 1 aliphatic carbocycles. The fraction of sp³-hybridized carbons (Fsp3) is 0.531. The summed E-state index contributed by atoms with van der Waals surface area (Å²) in [5.41, 5.74) is 6.29. The average molecular weight is 519 g/mol. The van der Waals surface area contributed by atoms with Gasteiger partial charge in [0, 0.05) is 37.9 Å². The predicted molar refractivity (Wildman–Crippen MR) is 150 cm³/mol. The fourth-order valence-electron chi connectivity index (χ4n) is 6.13. The molecule has 2 aromatic carbocycles. The quantitative estimate of drug-likeness (QED) is 0.471. The molecule has 38 heavy (non-hydrogen) atoms. The Morgan fingerprint density at radius 1 is 1.03 bits per heavy atom. The molecule has 6 nitrogen and oxygen atoms in total. The largest absolute Gasteiger partial charge is 0.490 e. The van der Waals surface area contributed by atoms with Crippen molar-refractivity contribution in [3.8, 4) is 5.75 Å². The third-order valence-electron chi connectivity index (χ3n) is 8.36. The molecule has 0 spiro atoms. The highest BCUT2D eigenvalue weighted by Crippen LogP contribution is 2.32. The number of methoxy groups -OCH3 is 1. The molecule has 0 unspecified atom stereocenters. The van der Waals surface area contributed by atoms with E-state index >= 15 is 0 Å². The van der Waals surface area contributed by atoms with E-state index in [0.29, 0.717) is 31.4 Å². The lowest BCUT2D eigenvalue weighted by atomic mass is 9.84. The highest BCUT2D eigenvalue weighted by molar-refractivity contribution is 6.00. The van der Waals surface area contributed by atoms with Crippen molar-refractivity contribution in [1.82, 2.24) is 9.80 Å². The minimum absolute atomic E-state index is 0.0654. The third-order valence-corrected chi connectivity index (χ3v) is 8.36. The van der Waals surface area contributed by atoms with Crippen molar-refractivity contribution >= 4 is 12.0 Å². The number of piperidine rings is 1. The summed E-state index contributed by atoms with van der Waals surface area (Å²) in [6.07, 6.45) is 9.49. The Morgan fingerprint density at radius 3 is 2.63 bits per heavy atom. The standard InChI is InChI=1S/C32H42N2O4/c1-37-19-18-34-17-14-29(32(34)36)21-28-8-4-5-9-31(28)38-23-30(35)22-33-15-12-25(13-16-33)27-11-10-24-6-2-3-7-26(24)20-27/h4-5,8-11,20-21,25,30,35H,2-3,6-7,12-19,22-23H2,1H3/b29-21-/t30-/m0/s1. The maximum Gasteiger partial charge on any atom is 0.249 e. The molecule has 3 aliphatic rings. The van der Waals surface area contributed by atoms with E-state index in [-0.39, 0.29) is 12.5 Å². The maximum absolute atomic E-state index is 12.7. The molecule has 5 rings (SSSR count). The first-order chi connectivity index (χ1) is 18.6. The van der Waals surface area contributed by atoms with Gasteiger partial charge in [0.2, 0.25) is 5.91 Å². The summed E-state index contributed by atoms with van der Waals surface area (Å²) in [6, 6.07) is 14.9. The first-order valence-electron chi connectivity index (χ1n) is 14.3. The molecule has 2 saturated heterocycles. The average Bonchev–Trinajstić information content (AvgIpc) is 3.30. The summed E-state index contributed by atoms with van der Waals surface area (Å²) in [4.78, 5) is 16.9. The number of rotatable bonds is 10. The highest BCUT2D eigenvalue weighted by Gasteiger charge is 2.26. The number of carbonyl (C=O) groups is 1. The van der Waals surface area contributed by atoms with Crippen molar-refractivity contribution < 1.29 is 19.4 Å². The molecule has 0 aromatic heterocycles. The van der Waals surface area contributed by atoms with Crippen molar-refractivity contribution in [2.75, 3.05) is 53.0 Å². The maximum atomic E-state index is 12.7. The van der Waals surface area contributed by atoms with E-state index in [0.717, 1.165) is 50.0 Å². The van der Waals surface area contributed by atoms with Crippen LogP contribution in [0.1, 0.15) is 60.3 Å². The summed E-state index contributed by atoms with van der Waals surface area (Å²) in [7, 11) is 1.65. The molecule has 2 aliphatic heterocycles. The van der Waals surface area contributed by atoms with Crippen molar-refractivity contribution in [3.63, 3.8) is 0 Å². The van der Waals surface area contributed by atoms with E-state index in [1.807, 2.05) is 35.2 Å². The molecular weight excluding hydrogens is 476 g/mol. The molecule has 6 heteroatoms. The Kier molecular flexibility index (Phi) is 9.15. The van der Waals surface area contributed by atoms with Crippen LogP contribution in [0.4, 0.5) is 0 Å². The Hall–Kier alpha value is -2.67. The van der Waals surface area contributed by atoms with Crippen molar-refractivity contribution in [2.24, 2.45) is 0 Å². The zero-order valence-electron chi connectivity index (χ0n) is 22.7. The van der Waals surface area contributed by atoms with Gasteiger partial charge >= 0.3 is 0 Å². The number of β-amino-alcohol motifs (C(OH)–C–C–N with tert-alkyl or cyclic N) is 1. The van der Waals surface area contributed by atoms with E-state index in [4.69, 9.17) is 9.47 Å². The van der Waals surface area contributed by atoms with Crippen LogP contribution in [0, 0.1) is 0 Å². The summed E-state index contributed by atoms with van der Waals surface area (Å²) >= 11 is 0. The Labute approximate surface area is 227 Å². The number of aryl methyl sites for hydroxylation is 2. The van der Waals surface area contributed by atoms with E-state index < -0.39 is 6.10 Å². The number of likely N-dealkylation sites (tertiary alicyclic amines) is 2. The van der Waals surface area contributed by atoms with Gasteiger partial charge in [0.25, 0.3) is 0 Å². The summed E-state index contributed by atoms with van der Waals surface area (Å²) in [6.45, 7) is 4.74. The number of ether oxygens (including phenoxy) is 2. The molecule has 204 valence electrons. The number of aliphatic hydroxyl groups is 1. The summed E-state index contributed by atoms with van der Waals surface area (Å²) < 4.78 is 11.2. The summed E-state index contributed by atoms with van der Waals surface area (Å²) in [5.74, 6) is 1.39. The smallest absolute Gasteiger partial charge is 0.249 e. The number of amides is 1. The zero-order chi connectivity index (χ0) is 26.3. The van der Waals surface area contributed by atoms with Gasteiger partial charge in [-0.25, -0.2) is 0 Å². The first kappa shape index (κ1) is 26.9. The van der Waals surface area contributed by atoms with Crippen LogP contribution in [-0.4, -0.2) is 80.0 Å². The SMILES string of the molecule is COCCN1CC/C(=C/c2ccccc2OC[C@@H](O)CN2CCC(c3ccc4c(c3)CCCC4)CC2)C1=O.